The first-order valence-corrected chi connectivity index (χ1v) is 9.64. The number of fused-ring (bicyclic) bond motifs is 1. The molecule has 28 heavy (non-hydrogen) atoms. The van der Waals surface area contributed by atoms with E-state index in [9.17, 15) is 0 Å². The molecule has 2 aromatic heterocycles. The van der Waals surface area contributed by atoms with E-state index in [-0.39, 0.29) is 0 Å². The molecule has 2 aromatic carbocycles. The smallest absolute Gasteiger partial charge is 0.192 e. The summed E-state index contributed by atoms with van der Waals surface area (Å²) in [5.74, 6) is 0.589. The van der Waals surface area contributed by atoms with Crippen LogP contribution in [0.2, 0.25) is 5.02 Å². The van der Waals surface area contributed by atoms with Crippen LogP contribution in [-0.4, -0.2) is 22.0 Å². The molecule has 0 aliphatic rings. The van der Waals surface area contributed by atoms with E-state index in [0.29, 0.717) is 21.9 Å². The maximum absolute atomic E-state index is 9.02. The van der Waals surface area contributed by atoms with Gasteiger partial charge in [0.15, 0.2) is 15.8 Å². The number of halogens is 1. The van der Waals surface area contributed by atoms with E-state index in [1.54, 1.807) is 18.2 Å². The van der Waals surface area contributed by atoms with Crippen LogP contribution in [0.1, 0.15) is 11.1 Å². The van der Waals surface area contributed by atoms with E-state index >= 15 is 0 Å². The first-order valence-electron chi connectivity index (χ1n) is 8.44. The highest BCUT2D eigenvalue weighted by Gasteiger charge is 2.16. The molecule has 0 aliphatic heterocycles. The second-order valence-corrected chi connectivity index (χ2v) is 7.51. The Morgan fingerprint density at radius 3 is 2.75 bits per heavy atom. The normalized spacial score (nSPS) is 10.6. The molecule has 0 atom stereocenters. The molecule has 0 radical (unpaired) electrons. The number of aromatic nitrogens is 3. The molecule has 0 saturated heterocycles. The number of hydrogen-bond acceptors (Lipinski definition) is 7. The maximum atomic E-state index is 9.02. The van der Waals surface area contributed by atoms with Crippen molar-refractivity contribution in [2.75, 3.05) is 17.3 Å². The van der Waals surface area contributed by atoms with Gasteiger partial charge in [-0.1, -0.05) is 41.1 Å². The number of anilines is 4. The predicted molar refractivity (Wildman–Crippen MR) is 114 cm³/mol. The predicted octanol–water partition coefficient (Wildman–Crippen LogP) is 5.43. The van der Waals surface area contributed by atoms with Crippen LogP contribution in [0.25, 0.3) is 10.3 Å². The van der Waals surface area contributed by atoms with Crippen LogP contribution < -0.4 is 10.2 Å². The first-order chi connectivity index (χ1) is 13.6. The number of benzene rings is 2. The number of hydrogen-bond donors (Lipinski definition) is 1. The van der Waals surface area contributed by atoms with Gasteiger partial charge in [-0.2, -0.15) is 5.26 Å². The Kier molecular flexibility index (Phi) is 4.82. The van der Waals surface area contributed by atoms with E-state index < -0.39 is 0 Å². The fraction of sp³-hybridized carbons (Fsp3) is 0.100. The Bertz CT molecular complexity index is 1210. The minimum atomic E-state index is 0.385. The molecule has 0 aliphatic carbocycles. The maximum Gasteiger partial charge on any atom is 0.192 e. The van der Waals surface area contributed by atoms with Gasteiger partial charge >= 0.3 is 0 Å². The molecular formula is C20H15ClN6S. The lowest BCUT2D eigenvalue weighted by atomic mass is 10.2. The summed E-state index contributed by atoms with van der Waals surface area (Å²) in [4.78, 5) is 16.3. The van der Waals surface area contributed by atoms with Crippen LogP contribution in [0.5, 0.6) is 0 Å². The van der Waals surface area contributed by atoms with Crippen molar-refractivity contribution in [3.8, 4) is 6.07 Å². The Hall–Kier alpha value is -3.21. The number of aryl methyl sites for hydroxylation is 1. The molecule has 0 amide bonds. The van der Waals surface area contributed by atoms with E-state index in [1.165, 1.54) is 23.2 Å². The van der Waals surface area contributed by atoms with Crippen molar-refractivity contribution in [1.29, 1.82) is 5.26 Å². The standard InChI is InChI=1S/C20H15ClN6S/c1-12-5-3-4-6-16(12)27(2)20-26-17-18(23-11-24-19(17)28-20)25-14-8-7-13(10-22)15(21)9-14/h3-9,11H,1-2H3,(H,23,24,25). The van der Waals surface area contributed by atoms with Crippen molar-refractivity contribution in [2.45, 2.75) is 6.92 Å². The zero-order valence-electron chi connectivity index (χ0n) is 15.1. The average molecular weight is 407 g/mol. The highest BCUT2D eigenvalue weighted by molar-refractivity contribution is 7.22. The van der Waals surface area contributed by atoms with Gasteiger partial charge in [0.25, 0.3) is 0 Å². The minimum absolute atomic E-state index is 0.385. The fourth-order valence-corrected chi connectivity index (χ4v) is 3.95. The zero-order valence-corrected chi connectivity index (χ0v) is 16.7. The lowest BCUT2D eigenvalue weighted by molar-refractivity contribution is 1.16. The summed E-state index contributed by atoms with van der Waals surface area (Å²) >= 11 is 7.62. The van der Waals surface area contributed by atoms with Crippen LogP contribution in [-0.2, 0) is 0 Å². The number of nitriles is 1. The number of para-hydroxylation sites is 1. The summed E-state index contributed by atoms with van der Waals surface area (Å²) < 4.78 is 0. The summed E-state index contributed by atoms with van der Waals surface area (Å²) in [5, 5.41) is 13.5. The highest BCUT2D eigenvalue weighted by atomic mass is 35.5. The summed E-state index contributed by atoms with van der Waals surface area (Å²) in [6.45, 7) is 2.07. The average Bonchev–Trinajstić information content (AvgIpc) is 3.13. The number of nitrogens with zero attached hydrogens (tertiary/aromatic N) is 5. The highest BCUT2D eigenvalue weighted by Crippen LogP contribution is 2.35. The van der Waals surface area contributed by atoms with Gasteiger partial charge in [-0.3, -0.25) is 0 Å². The minimum Gasteiger partial charge on any atom is -0.338 e. The Morgan fingerprint density at radius 2 is 2.00 bits per heavy atom. The van der Waals surface area contributed by atoms with Gasteiger partial charge in [-0.05, 0) is 36.8 Å². The molecule has 0 unspecified atom stereocenters. The fourth-order valence-electron chi connectivity index (χ4n) is 2.84. The van der Waals surface area contributed by atoms with E-state index in [2.05, 4.69) is 40.4 Å². The molecule has 2 heterocycles. The SMILES string of the molecule is Cc1ccccc1N(C)c1nc2c(Nc3ccc(C#N)c(Cl)c3)ncnc2s1. The quantitative estimate of drug-likeness (QED) is 0.486. The zero-order chi connectivity index (χ0) is 19.7. The van der Waals surface area contributed by atoms with Crippen molar-refractivity contribution >= 4 is 55.6 Å². The third-order valence-corrected chi connectivity index (χ3v) is 5.65. The van der Waals surface area contributed by atoms with E-state index in [4.69, 9.17) is 21.8 Å². The monoisotopic (exact) mass is 406 g/mol. The third kappa shape index (κ3) is 3.36. The van der Waals surface area contributed by atoms with Gasteiger partial charge in [-0.15, -0.1) is 0 Å². The summed E-state index contributed by atoms with van der Waals surface area (Å²) in [6, 6.07) is 15.3. The van der Waals surface area contributed by atoms with Gasteiger partial charge in [-0.25, -0.2) is 15.0 Å². The van der Waals surface area contributed by atoms with Crippen molar-refractivity contribution in [2.24, 2.45) is 0 Å². The Labute approximate surface area is 171 Å². The van der Waals surface area contributed by atoms with E-state index in [0.717, 1.165) is 21.3 Å². The number of thiazole rings is 1. The van der Waals surface area contributed by atoms with Crippen LogP contribution in [0.15, 0.2) is 48.8 Å². The van der Waals surface area contributed by atoms with Gasteiger partial charge in [0.1, 0.15) is 17.9 Å². The van der Waals surface area contributed by atoms with E-state index in [1.807, 2.05) is 24.1 Å². The molecule has 6 nitrogen and oxygen atoms in total. The van der Waals surface area contributed by atoms with Crippen LogP contribution in [0.4, 0.5) is 22.3 Å². The molecule has 4 aromatic rings. The van der Waals surface area contributed by atoms with Crippen LogP contribution >= 0.6 is 22.9 Å². The first kappa shape index (κ1) is 18.2. The second-order valence-electron chi connectivity index (χ2n) is 6.15. The lowest BCUT2D eigenvalue weighted by Crippen LogP contribution is -2.10. The molecule has 4 rings (SSSR count). The van der Waals surface area contributed by atoms with Crippen LogP contribution in [0.3, 0.4) is 0 Å². The molecule has 0 saturated carbocycles. The third-order valence-electron chi connectivity index (χ3n) is 4.30. The van der Waals surface area contributed by atoms with Crippen molar-refractivity contribution in [1.82, 2.24) is 15.0 Å². The van der Waals surface area contributed by atoms with Crippen molar-refractivity contribution in [3.63, 3.8) is 0 Å². The van der Waals surface area contributed by atoms with Crippen molar-refractivity contribution < 1.29 is 0 Å². The van der Waals surface area contributed by atoms with Gasteiger partial charge in [0.2, 0.25) is 0 Å². The van der Waals surface area contributed by atoms with Gasteiger partial charge in [0, 0.05) is 18.4 Å². The molecule has 138 valence electrons. The molecule has 1 N–H and O–H groups in total. The Balaban J connectivity index is 1.71. The molecule has 0 fully saturated rings. The number of nitrogens with one attached hydrogen (secondary N) is 1. The Morgan fingerprint density at radius 1 is 1.18 bits per heavy atom. The molecule has 0 spiro atoms. The van der Waals surface area contributed by atoms with Crippen LogP contribution in [0, 0.1) is 18.3 Å². The molecule has 8 heteroatoms. The number of rotatable bonds is 4. The summed E-state index contributed by atoms with van der Waals surface area (Å²) in [7, 11) is 1.99. The van der Waals surface area contributed by atoms with Crippen molar-refractivity contribution in [3.05, 3.63) is 64.9 Å². The second kappa shape index (κ2) is 7.43. The lowest BCUT2D eigenvalue weighted by Gasteiger charge is -2.17. The largest absolute Gasteiger partial charge is 0.338 e. The molecule has 0 bridgehead atoms. The van der Waals surface area contributed by atoms with Gasteiger partial charge in [0.05, 0.1) is 10.6 Å². The van der Waals surface area contributed by atoms with Gasteiger partial charge < -0.3 is 10.2 Å². The summed E-state index contributed by atoms with van der Waals surface area (Å²) in [6.07, 6.45) is 1.51. The molecular weight excluding hydrogens is 392 g/mol. The summed E-state index contributed by atoms with van der Waals surface area (Å²) in [5.41, 5.74) is 4.09. The topological polar surface area (TPSA) is 77.7 Å².